The maximum Gasteiger partial charge on any atom is 0.245 e. The van der Waals surface area contributed by atoms with Crippen LogP contribution in [0.3, 0.4) is 0 Å². The van der Waals surface area contributed by atoms with Gasteiger partial charge in [-0.25, -0.2) is 4.98 Å². The van der Waals surface area contributed by atoms with E-state index < -0.39 is 5.95 Å². The number of nitrogens with zero attached hydrogens (tertiary/aromatic N) is 5. The molecule has 1 saturated heterocycles. The second-order valence-electron chi connectivity index (χ2n) is 8.29. The molecule has 1 aromatic carbocycles. The van der Waals surface area contributed by atoms with Crippen LogP contribution in [0.15, 0.2) is 30.6 Å². The van der Waals surface area contributed by atoms with Crippen molar-refractivity contribution < 1.29 is 9.50 Å². The van der Waals surface area contributed by atoms with Crippen LogP contribution in [0, 0.1) is 5.95 Å². The molecular formula is C20H24FN7O. The van der Waals surface area contributed by atoms with Crippen molar-refractivity contribution in [3.05, 3.63) is 36.5 Å². The van der Waals surface area contributed by atoms with Crippen LogP contribution in [0.1, 0.15) is 27.2 Å². The van der Waals surface area contributed by atoms with Gasteiger partial charge in [0.15, 0.2) is 0 Å². The van der Waals surface area contributed by atoms with E-state index >= 15 is 0 Å². The number of aromatic amines is 1. The fraction of sp³-hybridized carbons (Fsp3) is 0.400. The molecule has 0 amide bonds. The van der Waals surface area contributed by atoms with E-state index in [0.717, 1.165) is 19.5 Å². The van der Waals surface area contributed by atoms with Crippen molar-refractivity contribution in [3.8, 4) is 28.1 Å². The molecule has 8 nitrogen and oxygen atoms in total. The summed E-state index contributed by atoms with van der Waals surface area (Å²) >= 11 is 0. The second-order valence-corrected chi connectivity index (χ2v) is 8.29. The predicted octanol–water partition coefficient (Wildman–Crippen LogP) is 2.74. The van der Waals surface area contributed by atoms with E-state index in [2.05, 4.69) is 56.4 Å². The van der Waals surface area contributed by atoms with Crippen LogP contribution in [0.2, 0.25) is 0 Å². The van der Waals surface area contributed by atoms with Gasteiger partial charge in [0.25, 0.3) is 0 Å². The number of benzene rings is 1. The molecule has 1 fully saturated rings. The SMILES string of the molecule is CC(C)(C)N[C@@H]1CCN(c2ncc(-c3ccc(-c4c[nH]nc4F)cc3O)nn2)C1. The second kappa shape index (κ2) is 7.40. The Labute approximate surface area is 168 Å². The van der Waals surface area contributed by atoms with Crippen LogP contribution in [0.5, 0.6) is 5.75 Å². The third-order valence-corrected chi connectivity index (χ3v) is 4.84. The number of H-pyrrole nitrogens is 1. The number of aromatic hydroxyl groups is 1. The van der Waals surface area contributed by atoms with Gasteiger partial charge in [-0.1, -0.05) is 6.07 Å². The summed E-state index contributed by atoms with van der Waals surface area (Å²) in [6, 6.07) is 5.23. The third kappa shape index (κ3) is 4.19. The molecule has 29 heavy (non-hydrogen) atoms. The Kier molecular flexibility index (Phi) is 4.91. The van der Waals surface area contributed by atoms with Gasteiger partial charge >= 0.3 is 0 Å². The van der Waals surface area contributed by atoms with Gasteiger partial charge in [-0.05, 0) is 44.9 Å². The van der Waals surface area contributed by atoms with Crippen LogP contribution >= 0.6 is 0 Å². The average molecular weight is 397 g/mol. The number of rotatable bonds is 4. The van der Waals surface area contributed by atoms with E-state index in [1.807, 2.05) is 0 Å². The Morgan fingerprint density at radius 2 is 2.07 bits per heavy atom. The highest BCUT2D eigenvalue weighted by Gasteiger charge is 2.27. The van der Waals surface area contributed by atoms with Crippen molar-refractivity contribution in [2.24, 2.45) is 0 Å². The maximum absolute atomic E-state index is 13.6. The van der Waals surface area contributed by atoms with Gasteiger partial charge in [-0.3, -0.25) is 5.10 Å². The number of anilines is 1. The zero-order chi connectivity index (χ0) is 20.6. The molecule has 9 heteroatoms. The lowest BCUT2D eigenvalue weighted by Gasteiger charge is -2.25. The molecule has 2 aromatic heterocycles. The largest absolute Gasteiger partial charge is 0.507 e. The van der Waals surface area contributed by atoms with Gasteiger partial charge in [0.1, 0.15) is 11.4 Å². The normalized spacial score (nSPS) is 17.1. The summed E-state index contributed by atoms with van der Waals surface area (Å²) in [5.74, 6) is -0.0704. The number of aromatic nitrogens is 5. The lowest BCUT2D eigenvalue weighted by atomic mass is 10.0. The summed E-state index contributed by atoms with van der Waals surface area (Å²) in [4.78, 5) is 6.54. The van der Waals surface area contributed by atoms with Crippen LogP contribution < -0.4 is 10.2 Å². The van der Waals surface area contributed by atoms with Crippen molar-refractivity contribution in [2.75, 3.05) is 18.0 Å². The standard InChI is InChI=1S/C20H24FN7O/c1-20(2,3)24-13-6-7-28(11-13)19-22-10-16(25-27-19)14-5-4-12(8-17(14)29)15-9-23-26-18(15)21/h4-5,8-10,13,24,29H,6-7,11H2,1-3H3,(H,23,26)/t13-/m1/s1. The van der Waals surface area contributed by atoms with Crippen molar-refractivity contribution in [1.29, 1.82) is 0 Å². The molecule has 0 saturated carbocycles. The van der Waals surface area contributed by atoms with Gasteiger partial charge in [0, 0.05) is 36.4 Å². The monoisotopic (exact) mass is 397 g/mol. The Hall–Kier alpha value is -3.07. The highest BCUT2D eigenvalue weighted by atomic mass is 19.1. The first-order chi connectivity index (χ1) is 13.8. The Morgan fingerprint density at radius 1 is 1.24 bits per heavy atom. The lowest BCUT2D eigenvalue weighted by molar-refractivity contribution is 0.373. The van der Waals surface area contributed by atoms with Gasteiger partial charge in [0.2, 0.25) is 11.9 Å². The molecule has 0 aliphatic carbocycles. The number of halogens is 1. The summed E-state index contributed by atoms with van der Waals surface area (Å²) in [6.07, 6.45) is 4.06. The van der Waals surface area contributed by atoms with Crippen LogP contribution in [-0.4, -0.2) is 55.2 Å². The molecule has 1 atom stereocenters. The van der Waals surface area contributed by atoms with E-state index in [1.165, 1.54) is 12.3 Å². The maximum atomic E-state index is 13.6. The molecular weight excluding hydrogens is 373 g/mol. The fourth-order valence-corrected chi connectivity index (χ4v) is 3.60. The van der Waals surface area contributed by atoms with Crippen molar-refractivity contribution >= 4 is 5.95 Å². The van der Waals surface area contributed by atoms with Gasteiger partial charge in [-0.15, -0.1) is 15.3 Å². The highest BCUT2D eigenvalue weighted by molar-refractivity contribution is 5.73. The van der Waals surface area contributed by atoms with E-state index in [1.54, 1.807) is 18.3 Å². The van der Waals surface area contributed by atoms with Crippen LogP contribution in [0.25, 0.3) is 22.4 Å². The fourth-order valence-electron chi connectivity index (χ4n) is 3.60. The molecule has 1 aliphatic heterocycles. The molecule has 1 aliphatic rings. The molecule has 0 spiro atoms. The number of phenols is 1. The third-order valence-electron chi connectivity index (χ3n) is 4.84. The molecule has 0 bridgehead atoms. The van der Waals surface area contributed by atoms with Crippen molar-refractivity contribution in [3.63, 3.8) is 0 Å². The van der Waals surface area contributed by atoms with E-state index in [4.69, 9.17) is 0 Å². The first-order valence-corrected chi connectivity index (χ1v) is 9.55. The highest BCUT2D eigenvalue weighted by Crippen LogP contribution is 2.32. The molecule has 0 unspecified atom stereocenters. The van der Waals surface area contributed by atoms with Gasteiger partial charge in [0.05, 0.1) is 11.8 Å². The van der Waals surface area contributed by atoms with E-state index in [-0.39, 0.29) is 11.3 Å². The molecule has 152 valence electrons. The minimum atomic E-state index is -0.618. The molecule has 4 rings (SSSR count). The molecule has 3 N–H and O–H groups in total. The number of hydrogen-bond donors (Lipinski definition) is 3. The quantitative estimate of drug-likeness (QED) is 0.622. The zero-order valence-corrected chi connectivity index (χ0v) is 16.6. The summed E-state index contributed by atoms with van der Waals surface area (Å²) in [6.45, 7) is 8.16. The van der Waals surface area contributed by atoms with E-state index in [9.17, 15) is 9.50 Å². The predicted molar refractivity (Wildman–Crippen MR) is 108 cm³/mol. The van der Waals surface area contributed by atoms with Crippen LogP contribution in [-0.2, 0) is 0 Å². The average Bonchev–Trinajstić information content (AvgIpc) is 3.29. The smallest absolute Gasteiger partial charge is 0.245 e. The van der Waals surface area contributed by atoms with Crippen LogP contribution in [0.4, 0.5) is 10.3 Å². The van der Waals surface area contributed by atoms with Crippen molar-refractivity contribution in [1.82, 2.24) is 30.7 Å². The number of phenolic OH excluding ortho intramolecular Hbond substituents is 1. The Balaban J connectivity index is 1.49. The summed E-state index contributed by atoms with van der Waals surface area (Å²) < 4.78 is 13.6. The van der Waals surface area contributed by atoms with Crippen molar-refractivity contribution in [2.45, 2.75) is 38.8 Å². The zero-order valence-electron chi connectivity index (χ0n) is 16.6. The minimum Gasteiger partial charge on any atom is -0.507 e. The number of nitrogens with one attached hydrogen (secondary N) is 2. The summed E-state index contributed by atoms with van der Waals surface area (Å²) in [7, 11) is 0. The summed E-state index contributed by atoms with van der Waals surface area (Å²) in [5.41, 5.74) is 1.81. The number of hydrogen-bond acceptors (Lipinski definition) is 7. The van der Waals surface area contributed by atoms with Gasteiger partial charge in [-0.2, -0.15) is 4.39 Å². The van der Waals surface area contributed by atoms with E-state index in [0.29, 0.717) is 34.4 Å². The first-order valence-electron chi connectivity index (χ1n) is 9.55. The molecule has 3 aromatic rings. The first kappa shape index (κ1) is 19.3. The minimum absolute atomic E-state index is 0.0254. The summed E-state index contributed by atoms with van der Waals surface area (Å²) in [5, 5.41) is 28.4. The molecule has 0 radical (unpaired) electrons. The Morgan fingerprint density at radius 3 is 2.69 bits per heavy atom. The Bertz CT molecular complexity index is 997. The molecule has 3 heterocycles. The van der Waals surface area contributed by atoms with Gasteiger partial charge < -0.3 is 15.3 Å². The topological polar surface area (TPSA) is 103 Å². The lowest BCUT2D eigenvalue weighted by Crippen LogP contribution is -2.45.